The van der Waals surface area contributed by atoms with Crippen molar-refractivity contribution in [1.29, 1.82) is 0 Å². The van der Waals surface area contributed by atoms with E-state index < -0.39 is 17.7 Å². The van der Waals surface area contributed by atoms with E-state index in [0.29, 0.717) is 16.9 Å². The fourth-order valence-electron chi connectivity index (χ4n) is 4.42. The molecule has 0 radical (unpaired) electrons. The Labute approximate surface area is 210 Å². The SMILES string of the molecule is COc1ccc(C2(c3cccc(-c4cccnc4)c3)N=C(NOC(=O)C(F)(F)F)c3ccccc32)cc1. The van der Waals surface area contributed by atoms with Gasteiger partial charge in [0.2, 0.25) is 0 Å². The number of nitrogens with zero attached hydrogens (tertiary/aromatic N) is 2. The molecule has 0 saturated carbocycles. The highest BCUT2D eigenvalue weighted by Gasteiger charge is 2.45. The number of carbonyl (C=O) groups excluding carboxylic acids is 1. The van der Waals surface area contributed by atoms with Gasteiger partial charge in [0.1, 0.15) is 11.3 Å². The van der Waals surface area contributed by atoms with Crippen LogP contribution in [0.5, 0.6) is 5.75 Å². The number of methoxy groups -OCH3 is 1. The van der Waals surface area contributed by atoms with Gasteiger partial charge in [-0.3, -0.25) is 4.98 Å². The van der Waals surface area contributed by atoms with Crippen LogP contribution < -0.4 is 10.2 Å². The number of aromatic nitrogens is 1. The minimum Gasteiger partial charge on any atom is -0.497 e. The number of hydrogen-bond acceptors (Lipinski definition) is 6. The standard InChI is InChI=1S/C28H20F3N3O3/c1-36-22-13-11-20(12-14-22)27(21-8-4-6-18(16-21)19-7-5-15-32-17-19)24-10-3-2-9-23(24)25(33-27)34-37-26(35)28(29,30)31/h2-17H,1H3,(H,33,34). The molecule has 2 heterocycles. The first kappa shape index (κ1) is 24.1. The number of pyridine rings is 1. The first-order chi connectivity index (χ1) is 17.8. The molecule has 4 aromatic rings. The number of benzene rings is 3. The molecule has 1 unspecified atom stereocenters. The number of hydroxylamine groups is 1. The molecular formula is C28H20F3N3O3. The third-order valence-electron chi connectivity index (χ3n) is 6.11. The number of alkyl halides is 3. The van der Waals surface area contributed by atoms with Crippen LogP contribution in [-0.2, 0) is 15.2 Å². The zero-order valence-electron chi connectivity index (χ0n) is 19.5. The summed E-state index contributed by atoms with van der Waals surface area (Å²) in [6.45, 7) is 0. The van der Waals surface area contributed by atoms with E-state index in [-0.39, 0.29) is 5.84 Å². The fourth-order valence-corrected chi connectivity index (χ4v) is 4.42. The van der Waals surface area contributed by atoms with Crippen molar-refractivity contribution in [1.82, 2.24) is 10.5 Å². The van der Waals surface area contributed by atoms with Crippen molar-refractivity contribution in [3.63, 3.8) is 0 Å². The Bertz CT molecular complexity index is 1470. The third kappa shape index (κ3) is 4.40. The van der Waals surface area contributed by atoms with Gasteiger partial charge in [0.25, 0.3) is 0 Å². The number of fused-ring (bicyclic) bond motifs is 1. The second-order valence-corrected chi connectivity index (χ2v) is 8.26. The Balaban J connectivity index is 1.70. The number of aliphatic imine (C=N–C) groups is 1. The lowest BCUT2D eigenvalue weighted by Gasteiger charge is -2.29. The molecule has 0 saturated heterocycles. The molecule has 0 aliphatic carbocycles. The summed E-state index contributed by atoms with van der Waals surface area (Å²) in [7, 11) is 1.56. The largest absolute Gasteiger partial charge is 0.497 e. The van der Waals surface area contributed by atoms with Crippen LogP contribution in [0.25, 0.3) is 11.1 Å². The van der Waals surface area contributed by atoms with Crippen molar-refractivity contribution in [2.45, 2.75) is 11.7 Å². The summed E-state index contributed by atoms with van der Waals surface area (Å²) < 4.78 is 43.7. The van der Waals surface area contributed by atoms with E-state index in [9.17, 15) is 18.0 Å². The first-order valence-electron chi connectivity index (χ1n) is 11.2. The lowest BCUT2D eigenvalue weighted by molar-refractivity contribution is -0.203. The van der Waals surface area contributed by atoms with E-state index in [0.717, 1.165) is 22.3 Å². The van der Waals surface area contributed by atoms with Crippen molar-refractivity contribution in [2.24, 2.45) is 4.99 Å². The molecule has 3 aromatic carbocycles. The van der Waals surface area contributed by atoms with Crippen LogP contribution in [0, 0.1) is 0 Å². The minimum atomic E-state index is -5.16. The summed E-state index contributed by atoms with van der Waals surface area (Å²) in [5, 5.41) is 0. The van der Waals surface area contributed by atoms with Gasteiger partial charge in [-0.05, 0) is 52.1 Å². The lowest BCUT2D eigenvalue weighted by atomic mass is 9.77. The fraction of sp³-hybridized carbons (Fsp3) is 0.107. The highest BCUT2D eigenvalue weighted by Crippen LogP contribution is 2.47. The van der Waals surface area contributed by atoms with Crippen molar-refractivity contribution >= 4 is 11.8 Å². The van der Waals surface area contributed by atoms with Gasteiger partial charge in [0.15, 0.2) is 5.84 Å². The van der Waals surface area contributed by atoms with Crippen LogP contribution in [0.15, 0.2) is 102 Å². The lowest BCUT2D eigenvalue weighted by Crippen LogP contribution is -2.34. The van der Waals surface area contributed by atoms with Gasteiger partial charge in [-0.1, -0.05) is 60.7 Å². The van der Waals surface area contributed by atoms with Gasteiger partial charge in [-0.25, -0.2) is 9.79 Å². The van der Waals surface area contributed by atoms with E-state index in [4.69, 9.17) is 9.73 Å². The van der Waals surface area contributed by atoms with Crippen molar-refractivity contribution < 1.29 is 27.5 Å². The maximum atomic E-state index is 12.8. The van der Waals surface area contributed by atoms with Crippen molar-refractivity contribution in [3.8, 4) is 16.9 Å². The normalized spacial score (nSPS) is 16.5. The molecule has 5 rings (SSSR count). The number of carbonyl (C=O) groups is 1. The molecule has 6 nitrogen and oxygen atoms in total. The van der Waals surface area contributed by atoms with Crippen LogP contribution in [0.1, 0.15) is 22.3 Å². The van der Waals surface area contributed by atoms with Gasteiger partial charge >= 0.3 is 12.1 Å². The predicted molar refractivity (Wildman–Crippen MR) is 131 cm³/mol. The Hall–Kier alpha value is -4.66. The summed E-state index contributed by atoms with van der Waals surface area (Å²) in [5.41, 5.74) is 5.47. The molecule has 37 heavy (non-hydrogen) atoms. The molecule has 0 spiro atoms. The zero-order valence-corrected chi connectivity index (χ0v) is 19.5. The number of rotatable bonds is 4. The van der Waals surface area contributed by atoms with Crippen molar-refractivity contribution in [3.05, 3.63) is 120 Å². The minimum absolute atomic E-state index is 0.00389. The highest BCUT2D eigenvalue weighted by atomic mass is 19.4. The maximum Gasteiger partial charge on any atom is 0.493 e. The Morgan fingerprint density at radius 2 is 1.65 bits per heavy atom. The van der Waals surface area contributed by atoms with Crippen LogP contribution in [0.2, 0.25) is 0 Å². The van der Waals surface area contributed by atoms with Gasteiger partial charge in [-0.15, -0.1) is 0 Å². The number of amidine groups is 1. The molecule has 9 heteroatoms. The smallest absolute Gasteiger partial charge is 0.493 e. The van der Waals surface area contributed by atoms with Crippen LogP contribution >= 0.6 is 0 Å². The predicted octanol–water partition coefficient (Wildman–Crippen LogP) is 5.42. The van der Waals surface area contributed by atoms with Crippen molar-refractivity contribution in [2.75, 3.05) is 7.11 Å². The average molecular weight is 503 g/mol. The van der Waals surface area contributed by atoms with Gasteiger partial charge in [0.05, 0.1) is 7.11 Å². The maximum absolute atomic E-state index is 12.8. The Morgan fingerprint density at radius 1 is 0.892 bits per heavy atom. The van der Waals surface area contributed by atoms with Crippen LogP contribution in [0.3, 0.4) is 0 Å². The molecule has 0 bridgehead atoms. The zero-order chi connectivity index (χ0) is 26.0. The average Bonchev–Trinajstić information content (AvgIpc) is 3.27. The quantitative estimate of drug-likeness (QED) is 0.377. The molecule has 1 atom stereocenters. The Kier molecular flexibility index (Phi) is 6.12. The first-order valence-corrected chi connectivity index (χ1v) is 11.2. The number of hydrogen-bond donors (Lipinski definition) is 1. The molecular weight excluding hydrogens is 483 g/mol. The molecule has 186 valence electrons. The molecule has 0 amide bonds. The molecule has 1 aliphatic rings. The topological polar surface area (TPSA) is 72.8 Å². The van der Waals surface area contributed by atoms with Gasteiger partial charge < -0.3 is 9.57 Å². The van der Waals surface area contributed by atoms with E-state index in [1.165, 1.54) is 0 Å². The summed E-state index contributed by atoms with van der Waals surface area (Å²) in [6.07, 6.45) is -1.73. The summed E-state index contributed by atoms with van der Waals surface area (Å²) in [5.74, 6) is -1.74. The summed E-state index contributed by atoms with van der Waals surface area (Å²) in [6, 6.07) is 25.8. The van der Waals surface area contributed by atoms with E-state index in [2.05, 4.69) is 15.3 Å². The second kappa shape index (κ2) is 9.42. The molecule has 1 aromatic heterocycles. The number of nitrogens with one attached hydrogen (secondary N) is 1. The second-order valence-electron chi connectivity index (χ2n) is 8.26. The van der Waals surface area contributed by atoms with Crippen LogP contribution in [0.4, 0.5) is 13.2 Å². The summed E-state index contributed by atoms with van der Waals surface area (Å²) in [4.78, 5) is 24.9. The van der Waals surface area contributed by atoms with E-state index >= 15 is 0 Å². The molecule has 0 fully saturated rings. The van der Waals surface area contributed by atoms with Gasteiger partial charge in [0, 0.05) is 18.0 Å². The molecule has 1 aliphatic heterocycles. The van der Waals surface area contributed by atoms with Gasteiger partial charge in [-0.2, -0.15) is 18.7 Å². The van der Waals surface area contributed by atoms with E-state index in [1.54, 1.807) is 43.8 Å². The Morgan fingerprint density at radius 3 is 2.35 bits per heavy atom. The summed E-state index contributed by atoms with van der Waals surface area (Å²) >= 11 is 0. The number of halogens is 3. The third-order valence-corrected chi connectivity index (χ3v) is 6.11. The monoisotopic (exact) mass is 503 g/mol. The molecule has 1 N–H and O–H groups in total. The number of ether oxygens (including phenoxy) is 1. The highest BCUT2D eigenvalue weighted by molar-refractivity contribution is 6.04. The van der Waals surface area contributed by atoms with Crippen LogP contribution in [-0.4, -0.2) is 30.1 Å². The van der Waals surface area contributed by atoms with E-state index in [1.807, 2.05) is 60.7 Å².